The van der Waals surface area contributed by atoms with E-state index in [1.807, 2.05) is 0 Å². The highest BCUT2D eigenvalue weighted by Gasteiger charge is 2.57. The van der Waals surface area contributed by atoms with E-state index < -0.39 is 36.4 Å². The van der Waals surface area contributed by atoms with E-state index in [-0.39, 0.29) is 0 Å². The number of hydrogen-bond acceptors (Lipinski definition) is 7. The first-order valence-electron chi connectivity index (χ1n) is 3.66. The van der Waals surface area contributed by atoms with Gasteiger partial charge in [-0.15, -0.1) is 0 Å². The van der Waals surface area contributed by atoms with E-state index >= 15 is 0 Å². The molecular formula is C6H10O8. The van der Waals surface area contributed by atoms with Crippen molar-refractivity contribution in [3.05, 3.63) is 0 Å². The molecule has 6 N–H and O–H groups in total. The first-order valence-corrected chi connectivity index (χ1v) is 3.66. The van der Waals surface area contributed by atoms with Gasteiger partial charge < -0.3 is 35.4 Å². The van der Waals surface area contributed by atoms with Gasteiger partial charge in [0, 0.05) is 0 Å². The Morgan fingerprint density at radius 1 is 1.14 bits per heavy atom. The van der Waals surface area contributed by atoms with Crippen LogP contribution in [0.5, 0.6) is 0 Å². The van der Waals surface area contributed by atoms with E-state index in [1.165, 1.54) is 0 Å². The van der Waals surface area contributed by atoms with Crippen LogP contribution in [0.25, 0.3) is 0 Å². The molecule has 0 radical (unpaired) electrons. The molecule has 0 aliphatic carbocycles. The van der Waals surface area contributed by atoms with Crippen molar-refractivity contribution in [2.75, 3.05) is 0 Å². The fraction of sp³-hybridized carbons (Fsp3) is 0.833. The second kappa shape index (κ2) is 3.42. The summed E-state index contributed by atoms with van der Waals surface area (Å²) in [6.45, 7) is 0. The average molecular weight is 210 g/mol. The van der Waals surface area contributed by atoms with Gasteiger partial charge in [0.25, 0.3) is 5.79 Å². The zero-order chi connectivity index (χ0) is 11.1. The number of hydrogen-bond donors (Lipinski definition) is 6. The normalized spacial score (nSPS) is 48.9. The van der Waals surface area contributed by atoms with Crippen LogP contribution in [0, 0.1) is 0 Å². The lowest BCUT2D eigenvalue weighted by molar-refractivity contribution is -0.371. The van der Waals surface area contributed by atoms with Crippen molar-refractivity contribution in [3.8, 4) is 0 Å². The van der Waals surface area contributed by atoms with E-state index in [2.05, 4.69) is 4.74 Å². The molecule has 1 heterocycles. The number of aliphatic hydroxyl groups is 5. The number of aliphatic hydroxyl groups excluding tert-OH is 4. The second-order valence-corrected chi connectivity index (χ2v) is 2.94. The van der Waals surface area contributed by atoms with Crippen molar-refractivity contribution in [1.82, 2.24) is 0 Å². The Hall–Kier alpha value is -0.770. The third-order valence-corrected chi connectivity index (χ3v) is 1.97. The van der Waals surface area contributed by atoms with Gasteiger partial charge in [-0.25, -0.2) is 4.79 Å². The number of carboxylic acids is 1. The first-order chi connectivity index (χ1) is 6.30. The largest absolute Gasteiger partial charge is 0.477 e. The molecule has 1 rings (SSSR count). The van der Waals surface area contributed by atoms with Crippen LogP contribution in [0.2, 0.25) is 0 Å². The van der Waals surface area contributed by atoms with Gasteiger partial charge in [0.1, 0.15) is 18.3 Å². The molecule has 0 aromatic carbocycles. The van der Waals surface area contributed by atoms with Crippen LogP contribution in [0.3, 0.4) is 0 Å². The van der Waals surface area contributed by atoms with Crippen molar-refractivity contribution >= 4 is 5.97 Å². The molecule has 14 heavy (non-hydrogen) atoms. The van der Waals surface area contributed by atoms with Crippen molar-refractivity contribution in [2.24, 2.45) is 0 Å². The molecule has 0 amide bonds. The molecule has 0 spiro atoms. The summed E-state index contributed by atoms with van der Waals surface area (Å²) in [6.07, 6.45) is -8.24. The fourth-order valence-electron chi connectivity index (χ4n) is 1.09. The molecule has 8 heteroatoms. The SMILES string of the molecule is O=C(O)C1(O)OC(O)C(O)C(O)C1O. The molecule has 1 aliphatic heterocycles. The Balaban J connectivity index is 2.96. The molecule has 0 aromatic rings. The summed E-state index contributed by atoms with van der Waals surface area (Å²) < 4.78 is 4.08. The Morgan fingerprint density at radius 3 is 2.07 bits per heavy atom. The standard InChI is InChI=1S/C6H10O8/c7-1-2(8)4(10)14-6(13,3(1)9)5(11)12/h1-4,7-10,13H,(H,11,12). The molecule has 1 saturated heterocycles. The number of carboxylic acid groups (broad SMARTS) is 1. The van der Waals surface area contributed by atoms with E-state index in [4.69, 9.17) is 25.5 Å². The van der Waals surface area contributed by atoms with Crippen LogP contribution in [-0.4, -0.2) is 67.0 Å². The van der Waals surface area contributed by atoms with Crippen LogP contribution in [0.4, 0.5) is 0 Å². The predicted octanol–water partition coefficient (Wildman–Crippen LogP) is -3.81. The third kappa shape index (κ3) is 1.47. The monoisotopic (exact) mass is 210 g/mol. The third-order valence-electron chi connectivity index (χ3n) is 1.97. The van der Waals surface area contributed by atoms with Crippen molar-refractivity contribution in [1.29, 1.82) is 0 Å². The molecule has 5 unspecified atom stereocenters. The van der Waals surface area contributed by atoms with Gasteiger partial charge in [-0.2, -0.15) is 0 Å². The molecule has 5 atom stereocenters. The highest BCUT2D eigenvalue weighted by molar-refractivity contribution is 5.76. The minimum atomic E-state index is -3.13. The number of aliphatic carboxylic acids is 1. The molecular weight excluding hydrogens is 200 g/mol. The Bertz CT molecular complexity index is 242. The Labute approximate surface area is 77.6 Å². The smallest absolute Gasteiger partial charge is 0.367 e. The van der Waals surface area contributed by atoms with E-state index in [1.54, 1.807) is 0 Å². The van der Waals surface area contributed by atoms with Gasteiger partial charge in [-0.3, -0.25) is 0 Å². The number of rotatable bonds is 1. The van der Waals surface area contributed by atoms with Gasteiger partial charge >= 0.3 is 5.97 Å². The summed E-state index contributed by atoms with van der Waals surface area (Å²) in [5.41, 5.74) is 0. The highest BCUT2D eigenvalue weighted by atomic mass is 16.7. The van der Waals surface area contributed by atoms with Gasteiger partial charge in [0.2, 0.25) is 0 Å². The predicted molar refractivity (Wildman–Crippen MR) is 37.7 cm³/mol. The highest BCUT2D eigenvalue weighted by Crippen LogP contribution is 2.27. The lowest BCUT2D eigenvalue weighted by atomic mass is 9.96. The van der Waals surface area contributed by atoms with Crippen LogP contribution in [0.15, 0.2) is 0 Å². The summed E-state index contributed by atoms with van der Waals surface area (Å²) in [6, 6.07) is 0. The maximum absolute atomic E-state index is 10.4. The van der Waals surface area contributed by atoms with E-state index in [0.29, 0.717) is 0 Å². The van der Waals surface area contributed by atoms with Gasteiger partial charge in [0.05, 0.1) is 0 Å². The summed E-state index contributed by atoms with van der Waals surface area (Å²) >= 11 is 0. The van der Waals surface area contributed by atoms with Crippen molar-refractivity contribution in [3.63, 3.8) is 0 Å². The lowest BCUT2D eigenvalue weighted by Crippen LogP contribution is -2.67. The second-order valence-electron chi connectivity index (χ2n) is 2.94. The van der Waals surface area contributed by atoms with Crippen LogP contribution < -0.4 is 0 Å². The van der Waals surface area contributed by atoms with Crippen LogP contribution in [-0.2, 0) is 9.53 Å². The van der Waals surface area contributed by atoms with Crippen molar-refractivity contribution in [2.45, 2.75) is 30.4 Å². The molecule has 82 valence electrons. The lowest BCUT2D eigenvalue weighted by Gasteiger charge is -2.41. The average Bonchev–Trinajstić information content (AvgIpc) is 2.11. The molecule has 0 bridgehead atoms. The summed E-state index contributed by atoms with van der Waals surface area (Å²) in [7, 11) is 0. The Kier molecular flexibility index (Phi) is 2.76. The topological polar surface area (TPSA) is 148 Å². The fourth-order valence-corrected chi connectivity index (χ4v) is 1.09. The zero-order valence-electron chi connectivity index (χ0n) is 6.81. The number of carbonyl (C=O) groups is 1. The zero-order valence-corrected chi connectivity index (χ0v) is 6.81. The van der Waals surface area contributed by atoms with Gasteiger partial charge in [-0.1, -0.05) is 0 Å². The summed E-state index contributed by atoms with van der Waals surface area (Å²) in [5, 5.41) is 53.6. The molecule has 8 nitrogen and oxygen atoms in total. The minimum Gasteiger partial charge on any atom is -0.477 e. The molecule has 1 aliphatic rings. The maximum atomic E-state index is 10.4. The minimum absolute atomic E-state index is 1.88. The molecule has 0 saturated carbocycles. The summed E-state index contributed by atoms with van der Waals surface area (Å²) in [5.74, 6) is -5.10. The first kappa shape index (κ1) is 11.3. The van der Waals surface area contributed by atoms with Crippen molar-refractivity contribution < 1.29 is 40.2 Å². The number of ether oxygens (including phenoxy) is 1. The van der Waals surface area contributed by atoms with E-state index in [9.17, 15) is 9.90 Å². The quantitative estimate of drug-likeness (QED) is 0.258. The Morgan fingerprint density at radius 2 is 1.64 bits per heavy atom. The summed E-state index contributed by atoms with van der Waals surface area (Å²) in [4.78, 5) is 10.4. The van der Waals surface area contributed by atoms with Gasteiger partial charge in [-0.05, 0) is 0 Å². The molecule has 1 fully saturated rings. The van der Waals surface area contributed by atoms with Crippen LogP contribution in [0.1, 0.15) is 0 Å². The van der Waals surface area contributed by atoms with Gasteiger partial charge in [0.15, 0.2) is 6.29 Å². The van der Waals surface area contributed by atoms with Crippen LogP contribution >= 0.6 is 0 Å². The van der Waals surface area contributed by atoms with E-state index in [0.717, 1.165) is 0 Å². The molecule has 0 aromatic heterocycles. The maximum Gasteiger partial charge on any atom is 0.367 e.